The van der Waals surface area contributed by atoms with Crippen molar-refractivity contribution >= 4 is 9.84 Å². The van der Waals surface area contributed by atoms with Gasteiger partial charge in [-0.05, 0) is 12.1 Å². The number of rotatable bonds is 2. The van der Waals surface area contributed by atoms with E-state index in [1.807, 2.05) is 0 Å². The summed E-state index contributed by atoms with van der Waals surface area (Å²) in [7, 11) is -4.39. The third kappa shape index (κ3) is 2.01. The zero-order valence-electron chi connectivity index (χ0n) is 9.46. The highest BCUT2D eigenvalue weighted by molar-refractivity contribution is 7.92. The summed E-state index contributed by atoms with van der Waals surface area (Å²) >= 11 is 0. The van der Waals surface area contributed by atoms with Gasteiger partial charge >= 0.3 is 0 Å². The number of piperazine rings is 1. The van der Waals surface area contributed by atoms with E-state index >= 15 is 0 Å². The Kier molecular flexibility index (Phi) is 3.37. The summed E-state index contributed by atoms with van der Waals surface area (Å²) in [5.74, 6) is 5.38. The van der Waals surface area contributed by atoms with Crippen molar-refractivity contribution in [1.29, 1.82) is 0 Å². The molecule has 100 valence electrons. The van der Waals surface area contributed by atoms with Crippen LogP contribution < -0.4 is 5.84 Å². The minimum Gasteiger partial charge on any atom is -0.265 e. The lowest BCUT2D eigenvalue weighted by molar-refractivity contribution is -0.108. The predicted octanol–water partition coefficient (Wildman–Crippen LogP) is 0.459. The SMILES string of the molecule is NN1CCN(F)CC1(F)S(=O)(=O)c1ccccc1. The fraction of sp³-hybridized carbons (Fsp3) is 0.400. The molecule has 1 aromatic rings. The van der Waals surface area contributed by atoms with E-state index < -0.39 is 21.5 Å². The molecule has 1 atom stereocenters. The van der Waals surface area contributed by atoms with Crippen LogP contribution in [0.25, 0.3) is 0 Å². The van der Waals surface area contributed by atoms with E-state index in [1.165, 1.54) is 24.3 Å². The summed E-state index contributed by atoms with van der Waals surface area (Å²) in [6.07, 6.45) is 0. The largest absolute Gasteiger partial charge is 0.296 e. The van der Waals surface area contributed by atoms with Gasteiger partial charge in [0.05, 0.1) is 11.4 Å². The van der Waals surface area contributed by atoms with Gasteiger partial charge in [0.15, 0.2) is 0 Å². The van der Waals surface area contributed by atoms with Crippen molar-refractivity contribution in [3.8, 4) is 0 Å². The van der Waals surface area contributed by atoms with Gasteiger partial charge < -0.3 is 0 Å². The maximum absolute atomic E-state index is 14.6. The second-order valence-electron chi connectivity index (χ2n) is 4.04. The van der Waals surface area contributed by atoms with Crippen molar-refractivity contribution in [2.45, 2.75) is 10.0 Å². The summed E-state index contributed by atoms with van der Waals surface area (Å²) in [5.41, 5.74) is 0. The number of hydrogen-bond acceptors (Lipinski definition) is 5. The fourth-order valence-electron chi connectivity index (χ4n) is 1.78. The van der Waals surface area contributed by atoms with Crippen LogP contribution in [-0.2, 0) is 9.84 Å². The van der Waals surface area contributed by atoms with Gasteiger partial charge in [0.1, 0.15) is 0 Å². The third-order valence-electron chi connectivity index (χ3n) is 2.84. The Labute approximate surface area is 104 Å². The molecule has 0 amide bonds. The van der Waals surface area contributed by atoms with Gasteiger partial charge in [-0.15, -0.1) is 9.60 Å². The Morgan fingerprint density at radius 1 is 1.22 bits per heavy atom. The number of hydrogen-bond donors (Lipinski definition) is 1. The van der Waals surface area contributed by atoms with Crippen LogP contribution in [-0.4, -0.2) is 43.3 Å². The second-order valence-corrected chi connectivity index (χ2v) is 6.15. The molecule has 0 aromatic heterocycles. The Morgan fingerprint density at radius 2 is 1.83 bits per heavy atom. The van der Waals surface area contributed by atoms with Crippen molar-refractivity contribution in [3.63, 3.8) is 0 Å². The van der Waals surface area contributed by atoms with E-state index in [9.17, 15) is 17.3 Å². The lowest BCUT2D eigenvalue weighted by Crippen LogP contribution is -2.64. The van der Waals surface area contributed by atoms with Crippen LogP contribution in [0.5, 0.6) is 0 Å². The summed E-state index contributed by atoms with van der Waals surface area (Å²) in [6, 6.07) is 7.04. The molecule has 0 saturated carbocycles. The van der Waals surface area contributed by atoms with E-state index in [2.05, 4.69) is 0 Å². The van der Waals surface area contributed by atoms with Crippen LogP contribution in [0.1, 0.15) is 0 Å². The van der Waals surface area contributed by atoms with Gasteiger partial charge in [-0.2, -0.15) is 5.01 Å². The summed E-state index contributed by atoms with van der Waals surface area (Å²) in [5, 5.41) is -2.31. The molecule has 0 spiro atoms. The van der Waals surface area contributed by atoms with Crippen molar-refractivity contribution in [1.82, 2.24) is 10.1 Å². The average molecular weight is 277 g/mol. The van der Waals surface area contributed by atoms with Gasteiger partial charge in [-0.3, -0.25) is 5.84 Å². The van der Waals surface area contributed by atoms with Crippen molar-refractivity contribution in [2.24, 2.45) is 5.84 Å². The Hall–Kier alpha value is -1.09. The normalized spacial score (nSPS) is 27.3. The number of benzene rings is 1. The lowest BCUT2D eigenvalue weighted by atomic mass is 10.4. The fourth-order valence-corrected chi connectivity index (χ4v) is 3.37. The second kappa shape index (κ2) is 4.54. The summed E-state index contributed by atoms with van der Waals surface area (Å²) in [6.45, 7) is -1.27. The molecule has 0 radical (unpaired) electrons. The van der Waals surface area contributed by atoms with Crippen molar-refractivity contribution in [3.05, 3.63) is 30.3 Å². The molecule has 2 N–H and O–H groups in total. The molecular formula is C10H13F2N3O2S. The van der Waals surface area contributed by atoms with Gasteiger partial charge in [-0.25, -0.2) is 12.8 Å². The number of alkyl halides is 1. The minimum atomic E-state index is -4.39. The van der Waals surface area contributed by atoms with E-state index in [4.69, 9.17) is 5.84 Å². The Morgan fingerprint density at radius 3 is 2.44 bits per heavy atom. The van der Waals surface area contributed by atoms with E-state index in [0.717, 1.165) is 0 Å². The van der Waals surface area contributed by atoms with Crippen molar-refractivity contribution < 1.29 is 17.3 Å². The van der Waals surface area contributed by atoms with Gasteiger partial charge in [0.25, 0.3) is 5.12 Å². The van der Waals surface area contributed by atoms with Crippen LogP contribution in [0.15, 0.2) is 35.2 Å². The van der Waals surface area contributed by atoms with Crippen LogP contribution >= 0.6 is 0 Å². The monoisotopic (exact) mass is 277 g/mol. The predicted molar refractivity (Wildman–Crippen MR) is 61.0 cm³/mol. The van der Waals surface area contributed by atoms with Crippen LogP contribution in [0.4, 0.5) is 8.87 Å². The highest BCUT2D eigenvalue weighted by Gasteiger charge is 2.53. The standard InChI is InChI=1S/C10H13F2N3O2S/c11-10(8-14(12)6-7-15(10)13)18(16,17)9-4-2-1-3-5-9/h1-5H,6-8,13H2. The zero-order valence-corrected chi connectivity index (χ0v) is 10.3. The minimum absolute atomic E-state index is 0.115. The zero-order chi connectivity index (χ0) is 13.4. The highest BCUT2D eigenvalue weighted by atomic mass is 32.2. The molecule has 8 heteroatoms. The van der Waals surface area contributed by atoms with E-state index in [0.29, 0.717) is 5.01 Å². The topological polar surface area (TPSA) is 66.6 Å². The van der Waals surface area contributed by atoms with Gasteiger partial charge in [0, 0.05) is 13.1 Å². The first-order valence-electron chi connectivity index (χ1n) is 5.29. The Balaban J connectivity index is 2.45. The number of halogens is 2. The maximum atomic E-state index is 14.6. The number of nitrogens with two attached hydrogens (primary N) is 1. The van der Waals surface area contributed by atoms with Crippen LogP contribution in [0.2, 0.25) is 0 Å². The molecule has 0 aliphatic carbocycles. The van der Waals surface area contributed by atoms with Gasteiger partial charge in [-0.1, -0.05) is 18.2 Å². The molecule has 2 rings (SSSR count). The number of hydrazine groups is 1. The lowest BCUT2D eigenvalue weighted by Gasteiger charge is -2.39. The summed E-state index contributed by atoms with van der Waals surface area (Å²) in [4.78, 5) is -0.224. The molecular weight excluding hydrogens is 264 g/mol. The molecule has 1 aliphatic heterocycles. The molecule has 1 aromatic carbocycles. The third-order valence-corrected chi connectivity index (χ3v) is 4.92. The molecule has 1 heterocycles. The number of sulfone groups is 1. The smallest absolute Gasteiger partial charge is 0.265 e. The first-order valence-corrected chi connectivity index (χ1v) is 6.78. The maximum Gasteiger partial charge on any atom is 0.296 e. The quantitative estimate of drug-likeness (QED) is 0.483. The molecule has 1 aliphatic rings. The first kappa shape index (κ1) is 13.3. The number of nitrogens with zero attached hydrogens (tertiary/aromatic N) is 2. The molecule has 0 bridgehead atoms. The first-order chi connectivity index (χ1) is 8.38. The molecule has 1 unspecified atom stereocenters. The van der Waals surface area contributed by atoms with Crippen molar-refractivity contribution in [2.75, 3.05) is 19.6 Å². The molecule has 5 nitrogen and oxygen atoms in total. The Bertz CT molecular complexity index is 525. The van der Waals surface area contributed by atoms with E-state index in [-0.39, 0.29) is 23.1 Å². The average Bonchev–Trinajstić information content (AvgIpc) is 2.35. The van der Waals surface area contributed by atoms with Gasteiger partial charge in [0.2, 0.25) is 9.84 Å². The molecule has 18 heavy (non-hydrogen) atoms. The van der Waals surface area contributed by atoms with Crippen LogP contribution in [0, 0.1) is 0 Å². The molecule has 1 saturated heterocycles. The molecule has 1 fully saturated rings. The highest BCUT2D eigenvalue weighted by Crippen LogP contribution is 2.32. The van der Waals surface area contributed by atoms with E-state index in [1.54, 1.807) is 6.07 Å². The summed E-state index contributed by atoms with van der Waals surface area (Å²) < 4.78 is 52.1. The van der Waals surface area contributed by atoms with Crippen LogP contribution in [0.3, 0.4) is 0 Å².